The molecule has 10 heavy (non-hydrogen) atoms. The fourth-order valence-electron chi connectivity index (χ4n) is 0.654. The lowest BCUT2D eigenvalue weighted by Gasteiger charge is -1.90. The SMILES string of the molecule is CO/C=C/CCCCC=O. The number of hydrogen-bond donors (Lipinski definition) is 0. The fourth-order valence-corrected chi connectivity index (χ4v) is 0.654. The molecule has 0 spiro atoms. The van der Waals surface area contributed by atoms with Gasteiger partial charge >= 0.3 is 0 Å². The fraction of sp³-hybridized carbons (Fsp3) is 0.625. The molecule has 0 heterocycles. The molecular formula is C8H14O2. The maximum atomic E-state index is 9.85. The van der Waals surface area contributed by atoms with Gasteiger partial charge < -0.3 is 9.53 Å². The molecule has 0 amide bonds. The summed E-state index contributed by atoms with van der Waals surface area (Å²) in [6, 6.07) is 0. The number of carbonyl (C=O) groups excluding carboxylic acids is 1. The number of carbonyl (C=O) groups is 1. The van der Waals surface area contributed by atoms with Crippen LogP contribution in [0.25, 0.3) is 0 Å². The molecule has 0 atom stereocenters. The van der Waals surface area contributed by atoms with Crippen LogP contribution in [0.3, 0.4) is 0 Å². The summed E-state index contributed by atoms with van der Waals surface area (Å²) in [6.07, 6.45) is 8.32. The van der Waals surface area contributed by atoms with Crippen molar-refractivity contribution in [3.63, 3.8) is 0 Å². The van der Waals surface area contributed by atoms with Crippen molar-refractivity contribution in [1.29, 1.82) is 0 Å². The number of hydrogen-bond acceptors (Lipinski definition) is 2. The number of aldehydes is 1. The Morgan fingerprint density at radius 3 is 2.60 bits per heavy atom. The molecule has 0 aromatic rings. The Kier molecular flexibility index (Phi) is 7.56. The summed E-state index contributed by atoms with van der Waals surface area (Å²) in [5.74, 6) is 0. The van der Waals surface area contributed by atoms with Crippen LogP contribution < -0.4 is 0 Å². The summed E-state index contributed by atoms with van der Waals surface area (Å²) in [5, 5.41) is 0. The summed E-state index contributed by atoms with van der Waals surface area (Å²) in [4.78, 5) is 9.85. The summed E-state index contributed by atoms with van der Waals surface area (Å²) < 4.78 is 4.70. The average Bonchev–Trinajstić information content (AvgIpc) is 1.97. The minimum atomic E-state index is 0.681. The van der Waals surface area contributed by atoms with Gasteiger partial charge in [0.25, 0.3) is 0 Å². The second-order valence-corrected chi connectivity index (χ2v) is 2.06. The van der Waals surface area contributed by atoms with Crippen LogP contribution in [-0.2, 0) is 9.53 Å². The Balaban J connectivity index is 2.89. The summed E-state index contributed by atoms with van der Waals surface area (Å²) in [6.45, 7) is 0. The van der Waals surface area contributed by atoms with Gasteiger partial charge in [-0.1, -0.05) is 0 Å². The van der Waals surface area contributed by atoms with Crippen LogP contribution in [0.5, 0.6) is 0 Å². The lowest BCUT2D eigenvalue weighted by atomic mass is 10.2. The van der Waals surface area contributed by atoms with E-state index in [-0.39, 0.29) is 0 Å². The van der Waals surface area contributed by atoms with Crippen LogP contribution in [0, 0.1) is 0 Å². The molecule has 0 saturated carbocycles. The molecule has 0 aromatic heterocycles. The van der Waals surface area contributed by atoms with E-state index in [2.05, 4.69) is 0 Å². The maximum absolute atomic E-state index is 9.85. The molecular weight excluding hydrogens is 128 g/mol. The van der Waals surface area contributed by atoms with E-state index < -0.39 is 0 Å². The molecule has 2 nitrogen and oxygen atoms in total. The zero-order valence-electron chi connectivity index (χ0n) is 6.38. The molecule has 0 saturated heterocycles. The van der Waals surface area contributed by atoms with Crippen molar-refractivity contribution in [2.75, 3.05) is 7.11 Å². The highest BCUT2D eigenvalue weighted by Gasteiger charge is 1.83. The Bertz CT molecular complexity index is 97.4. The van der Waals surface area contributed by atoms with Crippen molar-refractivity contribution < 1.29 is 9.53 Å². The third-order valence-corrected chi connectivity index (χ3v) is 1.18. The lowest BCUT2D eigenvalue weighted by Crippen LogP contribution is -1.76. The van der Waals surface area contributed by atoms with Gasteiger partial charge in [-0.05, 0) is 25.3 Å². The first kappa shape index (κ1) is 9.21. The van der Waals surface area contributed by atoms with Gasteiger partial charge in [0.05, 0.1) is 13.4 Å². The third-order valence-electron chi connectivity index (χ3n) is 1.18. The molecule has 0 aliphatic heterocycles. The van der Waals surface area contributed by atoms with Crippen LogP contribution >= 0.6 is 0 Å². The predicted octanol–water partition coefficient (Wildman–Crippen LogP) is 1.91. The van der Waals surface area contributed by atoms with E-state index in [9.17, 15) is 4.79 Å². The van der Waals surface area contributed by atoms with Crippen molar-refractivity contribution in [2.24, 2.45) is 0 Å². The van der Waals surface area contributed by atoms with Gasteiger partial charge in [0.15, 0.2) is 0 Å². The summed E-state index contributed by atoms with van der Waals surface area (Å²) in [7, 11) is 1.63. The number of allylic oxidation sites excluding steroid dienone is 1. The second-order valence-electron chi connectivity index (χ2n) is 2.06. The first-order valence-corrected chi connectivity index (χ1v) is 3.53. The van der Waals surface area contributed by atoms with Crippen LogP contribution in [0.15, 0.2) is 12.3 Å². The number of methoxy groups -OCH3 is 1. The number of rotatable bonds is 6. The van der Waals surface area contributed by atoms with Gasteiger partial charge in [0.1, 0.15) is 6.29 Å². The van der Waals surface area contributed by atoms with Crippen LogP contribution in [0.2, 0.25) is 0 Å². The van der Waals surface area contributed by atoms with E-state index >= 15 is 0 Å². The third kappa shape index (κ3) is 7.21. The lowest BCUT2D eigenvalue weighted by molar-refractivity contribution is -0.107. The van der Waals surface area contributed by atoms with Crippen molar-refractivity contribution in [2.45, 2.75) is 25.7 Å². The molecule has 0 rings (SSSR count). The van der Waals surface area contributed by atoms with Crippen molar-refractivity contribution in [1.82, 2.24) is 0 Å². The molecule has 0 radical (unpaired) electrons. The molecule has 0 fully saturated rings. The van der Waals surface area contributed by atoms with E-state index in [1.165, 1.54) is 0 Å². The van der Waals surface area contributed by atoms with Gasteiger partial charge in [-0.15, -0.1) is 0 Å². The van der Waals surface area contributed by atoms with Gasteiger partial charge in [-0.2, -0.15) is 0 Å². The van der Waals surface area contributed by atoms with E-state index in [4.69, 9.17) is 4.74 Å². The largest absolute Gasteiger partial charge is 0.505 e. The number of ether oxygens (including phenoxy) is 1. The topological polar surface area (TPSA) is 26.3 Å². The van der Waals surface area contributed by atoms with Gasteiger partial charge in [0.2, 0.25) is 0 Å². The van der Waals surface area contributed by atoms with Gasteiger partial charge in [-0.3, -0.25) is 0 Å². The van der Waals surface area contributed by atoms with Crippen LogP contribution in [0.1, 0.15) is 25.7 Å². The molecule has 0 bridgehead atoms. The predicted molar refractivity (Wildman–Crippen MR) is 40.7 cm³/mol. The Hall–Kier alpha value is -0.790. The zero-order valence-corrected chi connectivity index (χ0v) is 6.38. The normalized spacial score (nSPS) is 10.1. The van der Waals surface area contributed by atoms with E-state index in [0.717, 1.165) is 25.5 Å². The highest BCUT2D eigenvalue weighted by molar-refractivity contribution is 5.48. The molecule has 2 heteroatoms. The minimum Gasteiger partial charge on any atom is -0.505 e. The summed E-state index contributed by atoms with van der Waals surface area (Å²) >= 11 is 0. The van der Waals surface area contributed by atoms with E-state index in [1.807, 2.05) is 6.08 Å². The van der Waals surface area contributed by atoms with Gasteiger partial charge in [0, 0.05) is 6.42 Å². The van der Waals surface area contributed by atoms with E-state index in [1.54, 1.807) is 13.4 Å². The minimum absolute atomic E-state index is 0.681. The Morgan fingerprint density at radius 1 is 1.30 bits per heavy atom. The Labute approximate surface area is 61.9 Å². The summed E-state index contributed by atoms with van der Waals surface area (Å²) in [5.41, 5.74) is 0. The standard InChI is InChI=1S/C8H14O2/c1-10-8-6-4-2-3-5-7-9/h6-8H,2-5H2,1H3/b8-6+. The highest BCUT2D eigenvalue weighted by Crippen LogP contribution is 1.98. The van der Waals surface area contributed by atoms with E-state index in [0.29, 0.717) is 6.42 Å². The van der Waals surface area contributed by atoms with Crippen LogP contribution in [-0.4, -0.2) is 13.4 Å². The van der Waals surface area contributed by atoms with Crippen LogP contribution in [0.4, 0.5) is 0 Å². The number of unbranched alkanes of at least 4 members (excludes halogenated alkanes) is 3. The molecule has 0 aliphatic carbocycles. The maximum Gasteiger partial charge on any atom is 0.119 e. The molecule has 0 aromatic carbocycles. The highest BCUT2D eigenvalue weighted by atomic mass is 16.5. The van der Waals surface area contributed by atoms with Crippen molar-refractivity contribution in [3.8, 4) is 0 Å². The van der Waals surface area contributed by atoms with Crippen molar-refractivity contribution >= 4 is 6.29 Å². The second kappa shape index (κ2) is 8.21. The monoisotopic (exact) mass is 142 g/mol. The average molecular weight is 142 g/mol. The first-order chi connectivity index (χ1) is 4.91. The quantitative estimate of drug-likeness (QED) is 0.321. The zero-order chi connectivity index (χ0) is 7.66. The van der Waals surface area contributed by atoms with Gasteiger partial charge in [-0.25, -0.2) is 0 Å². The van der Waals surface area contributed by atoms with Crippen molar-refractivity contribution in [3.05, 3.63) is 12.3 Å². The first-order valence-electron chi connectivity index (χ1n) is 3.53. The molecule has 0 N–H and O–H groups in total. The molecule has 58 valence electrons. The molecule has 0 unspecified atom stereocenters. The smallest absolute Gasteiger partial charge is 0.119 e. The molecule has 0 aliphatic rings. The Morgan fingerprint density at radius 2 is 2.00 bits per heavy atom.